The lowest BCUT2D eigenvalue weighted by Gasteiger charge is -2.34. The molecule has 4 nitrogen and oxygen atoms in total. The third kappa shape index (κ3) is 4.39. The van der Waals surface area contributed by atoms with Gasteiger partial charge in [-0.05, 0) is 35.9 Å². The first kappa shape index (κ1) is 17.9. The lowest BCUT2D eigenvalue weighted by atomic mass is 10.2. The summed E-state index contributed by atoms with van der Waals surface area (Å²) in [5, 5.41) is 1.80. The van der Waals surface area contributed by atoms with Gasteiger partial charge in [-0.15, -0.1) is 0 Å². The second kappa shape index (κ2) is 7.56. The van der Waals surface area contributed by atoms with E-state index in [1.807, 2.05) is 4.90 Å². The van der Waals surface area contributed by atoms with Crippen molar-refractivity contribution < 1.29 is 12.8 Å². The van der Waals surface area contributed by atoms with Crippen molar-refractivity contribution in [1.82, 2.24) is 4.31 Å². The molecule has 7 heteroatoms. The molecule has 0 saturated carbocycles. The summed E-state index contributed by atoms with van der Waals surface area (Å²) in [5.74, 6) is -0.290. The molecule has 0 aliphatic carbocycles. The van der Waals surface area contributed by atoms with E-state index < -0.39 is 10.0 Å². The first-order valence-electron chi connectivity index (χ1n) is 7.89. The van der Waals surface area contributed by atoms with E-state index in [2.05, 4.69) is 0 Å². The van der Waals surface area contributed by atoms with E-state index >= 15 is 0 Å². The van der Waals surface area contributed by atoms with E-state index in [1.165, 1.54) is 15.8 Å². The minimum absolute atomic E-state index is 0.290. The first-order valence-corrected chi connectivity index (χ1v) is 9.77. The molecule has 1 aliphatic heterocycles. The van der Waals surface area contributed by atoms with Gasteiger partial charge in [0.15, 0.2) is 0 Å². The van der Waals surface area contributed by atoms with Crippen LogP contribution in [0.1, 0.15) is 5.56 Å². The summed E-state index contributed by atoms with van der Waals surface area (Å²) in [7, 11) is -3.51. The number of hydrogen-bond acceptors (Lipinski definition) is 3. The van der Waals surface area contributed by atoms with E-state index in [0.717, 1.165) is 5.56 Å². The average Bonchev–Trinajstić information content (AvgIpc) is 2.62. The van der Waals surface area contributed by atoms with Gasteiger partial charge in [0.25, 0.3) is 0 Å². The lowest BCUT2D eigenvalue weighted by molar-refractivity contribution is 0.388. The zero-order valence-electron chi connectivity index (χ0n) is 13.5. The maximum absolute atomic E-state index is 13.8. The SMILES string of the molecule is O=S(=O)(/C=C/c1ccc(Cl)cc1)N1CCN(c2ccccc2F)CC1. The maximum atomic E-state index is 13.8. The Labute approximate surface area is 152 Å². The maximum Gasteiger partial charge on any atom is 0.236 e. The number of nitrogens with zero attached hydrogens (tertiary/aromatic N) is 2. The van der Waals surface area contributed by atoms with E-state index in [-0.39, 0.29) is 5.82 Å². The van der Waals surface area contributed by atoms with Crippen molar-refractivity contribution >= 4 is 33.4 Å². The van der Waals surface area contributed by atoms with Crippen LogP contribution in [-0.4, -0.2) is 38.9 Å². The van der Waals surface area contributed by atoms with E-state index in [0.29, 0.717) is 36.9 Å². The molecular weight excluding hydrogens is 363 g/mol. The number of rotatable bonds is 4. The van der Waals surface area contributed by atoms with Crippen LogP contribution in [0.25, 0.3) is 6.08 Å². The van der Waals surface area contributed by atoms with Crippen molar-refractivity contribution in [1.29, 1.82) is 0 Å². The fourth-order valence-corrected chi connectivity index (χ4v) is 4.02. The number of piperazine rings is 1. The molecule has 3 rings (SSSR count). The third-order valence-electron chi connectivity index (χ3n) is 4.09. The van der Waals surface area contributed by atoms with Gasteiger partial charge in [0, 0.05) is 36.6 Å². The van der Waals surface area contributed by atoms with Crippen molar-refractivity contribution in [3.8, 4) is 0 Å². The summed E-state index contributed by atoms with van der Waals surface area (Å²) >= 11 is 5.82. The van der Waals surface area contributed by atoms with Crippen LogP contribution in [0.4, 0.5) is 10.1 Å². The molecule has 2 aromatic carbocycles. The van der Waals surface area contributed by atoms with E-state index in [9.17, 15) is 12.8 Å². The second-order valence-corrected chi connectivity index (χ2v) is 7.99. The fourth-order valence-electron chi connectivity index (χ4n) is 2.72. The van der Waals surface area contributed by atoms with E-state index in [1.54, 1.807) is 48.5 Å². The Morgan fingerprint density at radius 1 is 0.960 bits per heavy atom. The Morgan fingerprint density at radius 3 is 2.24 bits per heavy atom. The van der Waals surface area contributed by atoms with E-state index in [4.69, 9.17) is 11.6 Å². The van der Waals surface area contributed by atoms with Gasteiger partial charge in [0.1, 0.15) is 5.82 Å². The van der Waals surface area contributed by atoms with Crippen molar-refractivity contribution in [3.63, 3.8) is 0 Å². The molecule has 0 bridgehead atoms. The van der Waals surface area contributed by atoms with Crippen LogP contribution < -0.4 is 4.90 Å². The van der Waals surface area contributed by atoms with Crippen LogP contribution in [0.15, 0.2) is 53.9 Å². The number of benzene rings is 2. The highest BCUT2D eigenvalue weighted by molar-refractivity contribution is 7.92. The van der Waals surface area contributed by atoms with Crippen LogP contribution in [0, 0.1) is 5.82 Å². The molecule has 2 aromatic rings. The Balaban J connectivity index is 1.65. The summed E-state index contributed by atoms with van der Waals surface area (Å²) < 4.78 is 40.2. The van der Waals surface area contributed by atoms with Crippen molar-refractivity contribution in [2.45, 2.75) is 0 Å². The summed E-state index contributed by atoms with van der Waals surface area (Å²) in [6.45, 7) is 1.55. The smallest absolute Gasteiger partial charge is 0.236 e. The van der Waals surface area contributed by atoms with Gasteiger partial charge in [0.05, 0.1) is 5.69 Å². The number of anilines is 1. The molecule has 25 heavy (non-hydrogen) atoms. The monoisotopic (exact) mass is 380 g/mol. The lowest BCUT2D eigenvalue weighted by Crippen LogP contribution is -2.48. The van der Waals surface area contributed by atoms with Crippen LogP contribution >= 0.6 is 11.6 Å². The molecule has 1 saturated heterocycles. The molecular formula is C18H18ClFN2O2S. The summed E-state index contributed by atoms with van der Waals surface area (Å²) in [6.07, 6.45) is 1.55. The van der Waals surface area contributed by atoms with Gasteiger partial charge in [-0.1, -0.05) is 35.9 Å². The van der Waals surface area contributed by atoms with Crippen LogP contribution in [-0.2, 0) is 10.0 Å². The van der Waals surface area contributed by atoms with Crippen molar-refractivity contribution in [2.24, 2.45) is 0 Å². The number of para-hydroxylation sites is 1. The predicted molar refractivity (Wildman–Crippen MR) is 99.6 cm³/mol. The van der Waals surface area contributed by atoms with Crippen LogP contribution in [0.2, 0.25) is 5.02 Å². The summed E-state index contributed by atoms with van der Waals surface area (Å²) in [4.78, 5) is 1.87. The highest BCUT2D eigenvalue weighted by atomic mass is 35.5. The molecule has 0 aromatic heterocycles. The molecule has 1 heterocycles. The standard InChI is InChI=1S/C18H18ClFN2O2S/c19-16-7-5-15(6-8-16)9-14-25(23,24)22-12-10-21(11-13-22)18-4-2-1-3-17(18)20/h1-9,14H,10-13H2/b14-9+. The molecule has 0 radical (unpaired) electrons. The predicted octanol–water partition coefficient (Wildman–Crippen LogP) is 3.60. The molecule has 0 atom stereocenters. The third-order valence-corrected chi connectivity index (χ3v) is 5.91. The topological polar surface area (TPSA) is 40.6 Å². The molecule has 1 fully saturated rings. The number of hydrogen-bond donors (Lipinski definition) is 0. The molecule has 0 N–H and O–H groups in total. The van der Waals surface area contributed by atoms with Gasteiger partial charge in [-0.3, -0.25) is 0 Å². The number of sulfonamides is 1. The zero-order chi connectivity index (χ0) is 17.9. The van der Waals surface area contributed by atoms with Crippen LogP contribution in [0.3, 0.4) is 0 Å². The molecule has 0 unspecified atom stereocenters. The summed E-state index contributed by atoms with van der Waals surface area (Å²) in [5.41, 5.74) is 1.27. The van der Waals surface area contributed by atoms with Gasteiger partial charge in [0.2, 0.25) is 10.0 Å². The van der Waals surface area contributed by atoms with Crippen LogP contribution in [0.5, 0.6) is 0 Å². The highest BCUT2D eigenvalue weighted by Crippen LogP contribution is 2.21. The highest BCUT2D eigenvalue weighted by Gasteiger charge is 2.26. The first-order chi connectivity index (χ1) is 12.0. The molecule has 132 valence electrons. The van der Waals surface area contributed by atoms with Crippen molar-refractivity contribution in [3.05, 3.63) is 70.3 Å². The average molecular weight is 381 g/mol. The summed E-state index contributed by atoms with van der Waals surface area (Å²) in [6, 6.07) is 13.5. The quantitative estimate of drug-likeness (QED) is 0.813. The van der Waals surface area contributed by atoms with Crippen molar-refractivity contribution in [2.75, 3.05) is 31.1 Å². The Hall–Kier alpha value is -1.89. The van der Waals surface area contributed by atoms with Gasteiger partial charge in [-0.25, -0.2) is 12.8 Å². The number of halogens is 2. The van der Waals surface area contributed by atoms with Gasteiger partial charge < -0.3 is 4.90 Å². The largest absolute Gasteiger partial charge is 0.367 e. The minimum atomic E-state index is -3.51. The Morgan fingerprint density at radius 2 is 1.60 bits per heavy atom. The molecule has 1 aliphatic rings. The fraction of sp³-hybridized carbons (Fsp3) is 0.222. The Bertz CT molecular complexity index is 861. The van der Waals surface area contributed by atoms with Gasteiger partial charge >= 0.3 is 0 Å². The normalized spacial score (nSPS) is 16.5. The second-order valence-electron chi connectivity index (χ2n) is 5.74. The zero-order valence-corrected chi connectivity index (χ0v) is 15.0. The molecule has 0 amide bonds. The Kier molecular flexibility index (Phi) is 5.42. The van der Waals surface area contributed by atoms with Gasteiger partial charge in [-0.2, -0.15) is 4.31 Å². The minimum Gasteiger partial charge on any atom is -0.367 e. The molecule has 0 spiro atoms.